The number of nitrogen functional groups attached to an aromatic ring is 1. The largest absolute Gasteiger partial charge is 0.508 e. The van der Waals surface area contributed by atoms with Crippen molar-refractivity contribution < 1.29 is 81.6 Å². The van der Waals surface area contributed by atoms with Crippen LogP contribution in [0, 0.1) is 25.7 Å². The third-order valence-electron chi connectivity index (χ3n) is 18.2. The molecule has 0 saturated carbocycles. The van der Waals surface area contributed by atoms with Crippen LogP contribution in [0.1, 0.15) is 110 Å². The number of hydrogen-bond acceptors (Lipinski definition) is 20. The minimum atomic E-state index is -1.98. The first-order valence-electron chi connectivity index (χ1n) is 32.4. The number of carbonyl (C=O) groups excluding carboxylic acids is 12. The number of aryl methyl sites for hydroxylation is 1. The summed E-state index contributed by atoms with van der Waals surface area (Å²) >= 11 is 0. The highest BCUT2D eigenvalue weighted by Gasteiger charge is 2.45. The lowest BCUT2D eigenvalue weighted by Gasteiger charge is -2.33. The number of aromatic nitrogens is 1. The van der Waals surface area contributed by atoms with Crippen LogP contribution in [0.4, 0.5) is 5.69 Å². The zero-order valence-corrected chi connectivity index (χ0v) is 56.0. The fourth-order valence-electron chi connectivity index (χ4n) is 12.6. The number of amides is 10. The number of nitrogens with zero attached hydrogens (tertiary/aromatic N) is 5. The van der Waals surface area contributed by atoms with Crippen LogP contribution >= 0.6 is 0 Å². The molecule has 10 N–H and O–H groups in total. The van der Waals surface area contributed by atoms with Gasteiger partial charge in [-0.2, -0.15) is 0 Å². The molecule has 30 nitrogen and oxygen atoms in total. The first kappa shape index (κ1) is 71.6. The number of carbonyl (C=O) groups is 12. The van der Waals surface area contributed by atoms with Crippen molar-refractivity contribution in [1.82, 2.24) is 56.5 Å². The van der Waals surface area contributed by atoms with Gasteiger partial charge in [0.1, 0.15) is 83.3 Å². The van der Waals surface area contributed by atoms with E-state index in [2.05, 4.69) is 31.9 Å². The summed E-state index contributed by atoms with van der Waals surface area (Å²) < 4.78 is 18.2. The van der Waals surface area contributed by atoms with Gasteiger partial charge in [-0.15, -0.1) is 0 Å². The molecule has 9 rings (SSSR count). The number of benzene rings is 4. The number of hydrogen-bond donors (Lipinski definition) is 9. The number of aromatic hydroxyl groups is 2. The Morgan fingerprint density at radius 2 is 1.04 bits per heavy atom. The Bertz CT molecular complexity index is 4030. The molecule has 5 heterocycles. The van der Waals surface area contributed by atoms with Gasteiger partial charge in [0.15, 0.2) is 11.3 Å². The molecule has 0 unspecified atom stereocenters. The summed E-state index contributed by atoms with van der Waals surface area (Å²) in [5, 5.41) is 36.1. The van der Waals surface area contributed by atoms with Crippen molar-refractivity contribution in [2.45, 2.75) is 154 Å². The third kappa shape index (κ3) is 15.4. The van der Waals surface area contributed by atoms with Crippen LogP contribution in [-0.2, 0) is 70.3 Å². The van der Waals surface area contributed by atoms with E-state index in [1.165, 1.54) is 105 Å². The average Bonchev–Trinajstić information content (AvgIpc) is 1.04. The van der Waals surface area contributed by atoms with Crippen LogP contribution in [0.5, 0.6) is 11.5 Å². The predicted molar refractivity (Wildman–Crippen MR) is 350 cm³/mol. The Hall–Kier alpha value is -10.7. The average molecular weight is 1360 g/mol. The Balaban J connectivity index is 1.12. The molecule has 0 aromatic heterocycles. The second kappa shape index (κ2) is 29.8. The summed E-state index contributed by atoms with van der Waals surface area (Å²) in [6.45, 7) is 11.1. The molecular weight excluding hydrogens is 1270 g/mol. The van der Waals surface area contributed by atoms with Gasteiger partial charge in [0, 0.05) is 45.6 Å². The van der Waals surface area contributed by atoms with E-state index in [-0.39, 0.29) is 78.3 Å². The third-order valence-corrected chi connectivity index (χ3v) is 18.2. The molecule has 4 saturated heterocycles. The monoisotopic (exact) mass is 1350 g/mol. The van der Waals surface area contributed by atoms with Gasteiger partial charge in [-0.25, -0.2) is 14.6 Å². The van der Waals surface area contributed by atoms with E-state index in [1.807, 2.05) is 0 Å². The molecule has 10 atom stereocenters. The van der Waals surface area contributed by atoms with Crippen LogP contribution in [0.15, 0.2) is 69.9 Å². The van der Waals surface area contributed by atoms with Crippen molar-refractivity contribution in [3.8, 4) is 23.0 Å². The number of ether oxygens (including phenoxy) is 2. The van der Waals surface area contributed by atoms with Gasteiger partial charge in [0.05, 0.1) is 29.9 Å². The lowest BCUT2D eigenvalue weighted by molar-refractivity contribution is -0.157. The lowest BCUT2D eigenvalue weighted by Crippen LogP contribution is -2.61. The van der Waals surface area contributed by atoms with Crippen molar-refractivity contribution in [3.05, 3.63) is 104 Å². The van der Waals surface area contributed by atoms with Gasteiger partial charge in [-0.3, -0.25) is 52.7 Å². The highest BCUT2D eigenvalue weighted by atomic mass is 16.6. The fraction of sp³-hybridized carbons (Fsp3) is 0.471. The number of rotatable bonds is 10. The number of esters is 2. The van der Waals surface area contributed by atoms with Gasteiger partial charge in [0.25, 0.3) is 11.8 Å². The smallest absolute Gasteiger partial charge is 0.329 e. The molecule has 6 aliphatic rings. The van der Waals surface area contributed by atoms with E-state index in [9.17, 15) is 53.4 Å². The fourth-order valence-corrected chi connectivity index (χ4v) is 12.6. The summed E-state index contributed by atoms with van der Waals surface area (Å²) in [5.74, 6) is -12.5. The zero-order valence-electron chi connectivity index (χ0n) is 56.0. The molecule has 3 aromatic carbocycles. The maximum Gasteiger partial charge on any atom is 0.329 e. The van der Waals surface area contributed by atoms with Crippen LogP contribution in [0.25, 0.3) is 22.6 Å². The number of nitrogens with one attached hydrogen (secondary N) is 6. The van der Waals surface area contributed by atoms with E-state index in [0.717, 1.165) is 9.80 Å². The van der Waals surface area contributed by atoms with Crippen molar-refractivity contribution in [2.75, 3.05) is 46.0 Å². The van der Waals surface area contributed by atoms with Crippen molar-refractivity contribution >= 4 is 87.8 Å². The molecule has 5 aliphatic heterocycles. The second-order valence-corrected chi connectivity index (χ2v) is 26.1. The van der Waals surface area contributed by atoms with Crippen LogP contribution in [0.2, 0.25) is 0 Å². The zero-order chi connectivity index (χ0) is 71.5. The number of likely N-dealkylation sites (N-methyl/N-ethyl adjacent to an activating group) is 2. The highest BCUT2D eigenvalue weighted by molar-refractivity contribution is 6.10. The minimum absolute atomic E-state index is 0.0766. The Kier molecular flexibility index (Phi) is 21.7. The summed E-state index contributed by atoms with van der Waals surface area (Å²) in [6, 6.07) is 2.61. The summed E-state index contributed by atoms with van der Waals surface area (Å²) in [6.07, 6.45) is -2.51. The summed E-state index contributed by atoms with van der Waals surface area (Å²) in [4.78, 5) is 198. The number of phenols is 2. The minimum Gasteiger partial charge on any atom is -0.508 e. The maximum absolute atomic E-state index is 15.3. The first-order valence-corrected chi connectivity index (χ1v) is 32.4. The van der Waals surface area contributed by atoms with Gasteiger partial charge in [-0.05, 0) is 112 Å². The van der Waals surface area contributed by atoms with E-state index < -0.39 is 179 Å². The number of cyclic esters (lactones) is 2. The second-order valence-electron chi connectivity index (χ2n) is 26.1. The molecule has 1 aliphatic carbocycles. The van der Waals surface area contributed by atoms with Gasteiger partial charge in [0.2, 0.25) is 52.7 Å². The predicted octanol–water partition coefficient (Wildman–Crippen LogP) is 0.626. The normalized spacial score (nSPS) is 24.6. The van der Waals surface area contributed by atoms with E-state index >= 15 is 19.2 Å². The summed E-state index contributed by atoms with van der Waals surface area (Å²) in [7, 11) is 2.76. The number of anilines is 1. The van der Waals surface area contributed by atoms with Gasteiger partial charge >= 0.3 is 11.9 Å². The molecule has 3 aromatic rings. The Morgan fingerprint density at radius 1 is 0.612 bits per heavy atom. The number of nitrogens with two attached hydrogens (primary N) is 1. The van der Waals surface area contributed by atoms with E-state index in [4.69, 9.17) is 24.6 Å². The summed E-state index contributed by atoms with van der Waals surface area (Å²) in [5.41, 5.74) is 4.07. The lowest BCUT2D eigenvalue weighted by atomic mass is 9.98. The molecule has 98 heavy (non-hydrogen) atoms. The maximum atomic E-state index is 15.3. The van der Waals surface area contributed by atoms with Crippen LogP contribution < -0.4 is 43.1 Å². The number of phenolic OH excluding ortho intramolecular Hbond substituents is 2. The molecule has 0 bridgehead atoms. The van der Waals surface area contributed by atoms with Crippen LogP contribution in [0.3, 0.4) is 0 Å². The quantitative estimate of drug-likeness (QED) is 0.0526. The van der Waals surface area contributed by atoms with Crippen molar-refractivity contribution in [1.29, 1.82) is 0 Å². The van der Waals surface area contributed by atoms with Gasteiger partial charge < -0.3 is 81.3 Å². The molecule has 0 spiro atoms. The molecule has 30 heteroatoms. The number of fused-ring (bicyclic) bond motifs is 4. The van der Waals surface area contributed by atoms with E-state index in [1.54, 1.807) is 34.6 Å². The topological polar surface area (TPSA) is 418 Å². The van der Waals surface area contributed by atoms with Gasteiger partial charge in [-0.1, -0.05) is 58.0 Å². The SMILES string of the molecule is Cc1c2oc3c(C)ccc(C(=O)N[C@@H]4C(=O)N[C@H](Cc5ccc(O)cc5)C(=O)N5CCC[C@H]5C(=O)N(C)CC(=O)N[C@@H](C(C)C)C(=O)O[C@@H]4C)c3nc-2c(C(=O)N[C@@H]2C(=O)N[C@H](Cc3ccc(O)cc3)C(=O)N3CCC[C@H]3C(=O)N(C)CC(=O)N[C@@H](C(C)C)C(=O)O[C@@H]2C)c(N)c1=O. The Morgan fingerprint density at radius 3 is 1.47 bits per heavy atom. The molecule has 10 amide bonds. The first-order chi connectivity index (χ1) is 46.3. The van der Waals surface area contributed by atoms with Crippen molar-refractivity contribution in [3.63, 3.8) is 0 Å². The van der Waals surface area contributed by atoms with Crippen molar-refractivity contribution in [2.24, 2.45) is 11.8 Å². The molecule has 4 fully saturated rings. The van der Waals surface area contributed by atoms with Crippen LogP contribution in [-0.4, -0.2) is 207 Å². The Labute approximate surface area is 563 Å². The van der Waals surface area contributed by atoms with E-state index in [0.29, 0.717) is 29.5 Å². The molecule has 0 radical (unpaired) electrons. The molecule has 522 valence electrons. The molecular formula is C68H82N12O18. The highest BCUT2D eigenvalue weighted by Crippen LogP contribution is 2.35. The standard InChI is InChI=1S/C68H82N12O18/c1-31(2)50-67(94)96-35(7)52(61(88)70-42(27-37-16-20-39(81)21-17-37)63(90)79-25-11-13-44(79)65(92)77(9)29-46(83)72-50)75-59(86)41-24-15-33(5)57-54(41)74-55-48(49(69)56(85)34(6)58(55)98-57)60(87)76-53-36(8)97-68(95)51(32(3)4)73-47(84)30-78(10)66(93)45-14-12-26-80(45)64(91)43(71-62(53)89)28-38-18-22-40(82)23-19-38/h15-24,31-32,35-36,42-45,50-53,81-82H,11-14,25-30,69H2,1-10H3,(H,70,88)(H,71,89)(H,72,83)(H,73,84)(H,75,86)(H,76,87)/t35-,36-,42-,43-,44+,45+,50+,51+,52+,53+/m1/s1.